The fraction of sp³-hybridized carbons (Fsp3) is 0.375. The zero-order valence-corrected chi connectivity index (χ0v) is 11.9. The lowest BCUT2D eigenvalue weighted by Gasteiger charge is -2.37. The molecule has 1 fully saturated rings. The van der Waals surface area contributed by atoms with Gasteiger partial charge < -0.3 is 14.5 Å². The molecule has 2 rings (SSSR count). The first-order chi connectivity index (χ1) is 9.19. The van der Waals surface area contributed by atoms with Crippen LogP contribution >= 0.6 is 0 Å². The lowest BCUT2D eigenvalue weighted by molar-refractivity contribution is 0.0538. The Labute approximate surface area is 115 Å². The molecular formula is C16H22N2O. The smallest absolute Gasteiger partial charge is 0.0712 e. The summed E-state index contributed by atoms with van der Waals surface area (Å²) in [6, 6.07) is 0. The Balaban J connectivity index is 2.31. The molecule has 0 N–H and O–H groups in total. The van der Waals surface area contributed by atoms with Gasteiger partial charge in [0.2, 0.25) is 0 Å². The normalized spacial score (nSPS) is 22.1. The molecule has 0 aromatic rings. The molecule has 0 bridgehead atoms. The van der Waals surface area contributed by atoms with E-state index < -0.39 is 0 Å². The summed E-state index contributed by atoms with van der Waals surface area (Å²) in [6.45, 7) is 15.7. The molecular weight excluding hydrogens is 236 g/mol. The molecule has 1 saturated heterocycles. The molecule has 0 atom stereocenters. The van der Waals surface area contributed by atoms with Crippen molar-refractivity contribution in [3.05, 3.63) is 60.3 Å². The van der Waals surface area contributed by atoms with Crippen LogP contribution in [0.25, 0.3) is 0 Å². The number of ether oxygens (including phenoxy) is 1. The average Bonchev–Trinajstić information content (AvgIpc) is 2.47. The van der Waals surface area contributed by atoms with Crippen LogP contribution in [0.4, 0.5) is 0 Å². The minimum Gasteiger partial charge on any atom is -0.378 e. The van der Waals surface area contributed by atoms with Crippen molar-refractivity contribution in [3.63, 3.8) is 0 Å². The molecule has 0 aromatic heterocycles. The Morgan fingerprint density at radius 3 is 2.58 bits per heavy atom. The first kappa shape index (κ1) is 13.7. The summed E-state index contributed by atoms with van der Waals surface area (Å²) in [6.07, 6.45) is 8.17. The van der Waals surface area contributed by atoms with Crippen molar-refractivity contribution in [1.82, 2.24) is 9.80 Å². The number of rotatable bonds is 3. The van der Waals surface area contributed by atoms with E-state index in [1.807, 2.05) is 13.1 Å². The summed E-state index contributed by atoms with van der Waals surface area (Å²) in [7, 11) is 0. The molecule has 0 saturated carbocycles. The van der Waals surface area contributed by atoms with Gasteiger partial charge >= 0.3 is 0 Å². The van der Waals surface area contributed by atoms with E-state index in [9.17, 15) is 0 Å². The van der Waals surface area contributed by atoms with Crippen molar-refractivity contribution in [2.24, 2.45) is 0 Å². The lowest BCUT2D eigenvalue weighted by Crippen LogP contribution is -2.38. The van der Waals surface area contributed by atoms with Crippen LogP contribution in [-0.4, -0.2) is 36.1 Å². The Morgan fingerprint density at radius 2 is 2.00 bits per heavy atom. The second kappa shape index (κ2) is 5.93. The van der Waals surface area contributed by atoms with Crippen LogP contribution in [-0.2, 0) is 4.74 Å². The zero-order chi connectivity index (χ0) is 13.8. The molecule has 3 heteroatoms. The Kier molecular flexibility index (Phi) is 4.27. The van der Waals surface area contributed by atoms with Gasteiger partial charge in [0.1, 0.15) is 0 Å². The van der Waals surface area contributed by atoms with E-state index in [-0.39, 0.29) is 0 Å². The van der Waals surface area contributed by atoms with Gasteiger partial charge in [-0.2, -0.15) is 0 Å². The van der Waals surface area contributed by atoms with E-state index >= 15 is 0 Å². The van der Waals surface area contributed by atoms with E-state index in [1.165, 1.54) is 5.57 Å². The second-order valence-corrected chi connectivity index (χ2v) is 4.68. The van der Waals surface area contributed by atoms with Crippen molar-refractivity contribution < 1.29 is 4.74 Å². The predicted molar refractivity (Wildman–Crippen MR) is 79.2 cm³/mol. The fourth-order valence-corrected chi connectivity index (χ4v) is 2.47. The van der Waals surface area contributed by atoms with Crippen LogP contribution in [0.3, 0.4) is 0 Å². The first-order valence-electron chi connectivity index (χ1n) is 6.68. The zero-order valence-electron chi connectivity index (χ0n) is 11.9. The molecule has 0 amide bonds. The molecule has 0 aromatic carbocycles. The third-order valence-corrected chi connectivity index (χ3v) is 3.54. The Morgan fingerprint density at radius 1 is 1.32 bits per heavy atom. The van der Waals surface area contributed by atoms with Crippen molar-refractivity contribution >= 4 is 0 Å². The van der Waals surface area contributed by atoms with Crippen LogP contribution in [0.5, 0.6) is 0 Å². The summed E-state index contributed by atoms with van der Waals surface area (Å²) in [5.41, 5.74) is 4.52. The summed E-state index contributed by atoms with van der Waals surface area (Å²) in [5, 5.41) is 0. The predicted octanol–water partition coefficient (Wildman–Crippen LogP) is 3.03. The SMILES string of the molecule is C=CN1C(C(=C)N2CCOCC2)=C(C)C=C/C1=C/C. The van der Waals surface area contributed by atoms with E-state index in [0.717, 1.165) is 43.4 Å². The monoisotopic (exact) mass is 258 g/mol. The van der Waals surface area contributed by atoms with Gasteiger partial charge in [0.05, 0.1) is 24.6 Å². The third kappa shape index (κ3) is 2.66. The maximum atomic E-state index is 5.40. The largest absolute Gasteiger partial charge is 0.378 e. The summed E-state index contributed by atoms with van der Waals surface area (Å²) >= 11 is 0. The topological polar surface area (TPSA) is 15.7 Å². The molecule has 19 heavy (non-hydrogen) atoms. The lowest BCUT2D eigenvalue weighted by atomic mass is 10.1. The molecule has 0 aliphatic carbocycles. The number of hydrogen-bond donors (Lipinski definition) is 0. The Hall–Kier alpha value is -1.74. The van der Waals surface area contributed by atoms with Crippen LogP contribution in [0.2, 0.25) is 0 Å². The van der Waals surface area contributed by atoms with Gasteiger partial charge in [0, 0.05) is 25.0 Å². The Bertz CT molecular complexity index is 465. The molecule has 2 aliphatic heterocycles. The number of allylic oxidation sites excluding steroid dienone is 4. The van der Waals surface area contributed by atoms with Gasteiger partial charge in [-0.3, -0.25) is 0 Å². The van der Waals surface area contributed by atoms with Gasteiger partial charge in [-0.25, -0.2) is 0 Å². The number of nitrogens with zero attached hydrogens (tertiary/aromatic N) is 2. The van der Waals surface area contributed by atoms with Crippen molar-refractivity contribution in [2.75, 3.05) is 26.3 Å². The minimum absolute atomic E-state index is 0.770. The molecule has 0 radical (unpaired) electrons. The summed E-state index contributed by atoms with van der Waals surface area (Å²) in [4.78, 5) is 4.39. The van der Waals surface area contributed by atoms with Gasteiger partial charge in [-0.15, -0.1) is 0 Å². The van der Waals surface area contributed by atoms with E-state index in [0.29, 0.717) is 0 Å². The van der Waals surface area contributed by atoms with Crippen molar-refractivity contribution in [1.29, 1.82) is 0 Å². The van der Waals surface area contributed by atoms with E-state index in [4.69, 9.17) is 4.74 Å². The maximum absolute atomic E-state index is 5.40. The van der Waals surface area contributed by atoms with Crippen LogP contribution in [0.1, 0.15) is 13.8 Å². The van der Waals surface area contributed by atoms with E-state index in [2.05, 4.69) is 48.1 Å². The molecule has 3 nitrogen and oxygen atoms in total. The van der Waals surface area contributed by atoms with Crippen molar-refractivity contribution in [2.45, 2.75) is 13.8 Å². The quantitative estimate of drug-likeness (QED) is 0.774. The first-order valence-corrected chi connectivity index (χ1v) is 6.68. The number of morpholine rings is 1. The van der Waals surface area contributed by atoms with Crippen LogP contribution in [0.15, 0.2) is 60.3 Å². The minimum atomic E-state index is 0.770. The van der Waals surface area contributed by atoms with Gasteiger partial charge in [-0.1, -0.05) is 25.3 Å². The van der Waals surface area contributed by atoms with Crippen LogP contribution < -0.4 is 0 Å². The molecule has 2 heterocycles. The standard InChI is InChI=1S/C16H22N2O/c1-5-15-8-7-13(3)16(18(15)6-2)14(4)17-9-11-19-12-10-17/h5-8H,2,4,9-12H2,1,3H3/b15-5-. The highest BCUT2D eigenvalue weighted by atomic mass is 16.5. The molecule has 0 spiro atoms. The highest BCUT2D eigenvalue weighted by Crippen LogP contribution is 2.30. The van der Waals surface area contributed by atoms with Crippen molar-refractivity contribution in [3.8, 4) is 0 Å². The third-order valence-electron chi connectivity index (χ3n) is 3.54. The molecule has 0 unspecified atom stereocenters. The summed E-state index contributed by atoms with van der Waals surface area (Å²) in [5.74, 6) is 0. The van der Waals surface area contributed by atoms with Gasteiger partial charge in [0.25, 0.3) is 0 Å². The fourth-order valence-electron chi connectivity index (χ4n) is 2.47. The van der Waals surface area contributed by atoms with E-state index in [1.54, 1.807) is 0 Å². The summed E-state index contributed by atoms with van der Waals surface area (Å²) < 4.78 is 5.40. The highest BCUT2D eigenvalue weighted by molar-refractivity contribution is 5.46. The van der Waals surface area contributed by atoms with Gasteiger partial charge in [0.15, 0.2) is 0 Å². The highest BCUT2D eigenvalue weighted by Gasteiger charge is 2.23. The second-order valence-electron chi connectivity index (χ2n) is 4.68. The average molecular weight is 258 g/mol. The molecule has 2 aliphatic rings. The molecule has 102 valence electrons. The maximum Gasteiger partial charge on any atom is 0.0712 e. The number of hydrogen-bond acceptors (Lipinski definition) is 3. The van der Waals surface area contributed by atoms with Crippen LogP contribution in [0, 0.1) is 0 Å². The van der Waals surface area contributed by atoms with Gasteiger partial charge in [-0.05, 0) is 25.5 Å².